The number of hydrogen-bond acceptors (Lipinski definition) is 0. The normalized spacial score (nSPS) is 47.7. The van der Waals surface area contributed by atoms with Gasteiger partial charge in [-0.2, -0.15) is 0 Å². The standard InChI is InChI=1S/C26H38/c1-25-14-6-9-23(25)22-11-10-21-18-20(17-19-7-4-3-5-8-19)12-16-26(21,2)24(22)13-15-25/h3-5,7-8,20-24H,6,9-18H2,1-2H3/t20-,21-,22+,23-,24-,25+,26+/m1/s1. The highest BCUT2D eigenvalue weighted by Crippen LogP contribution is 2.66. The summed E-state index contributed by atoms with van der Waals surface area (Å²) in [7, 11) is 0. The fourth-order valence-corrected chi connectivity index (χ4v) is 8.47. The molecule has 0 N–H and O–H groups in total. The van der Waals surface area contributed by atoms with Crippen LogP contribution in [0.2, 0.25) is 0 Å². The number of fused-ring (bicyclic) bond motifs is 5. The maximum atomic E-state index is 2.73. The highest BCUT2D eigenvalue weighted by molar-refractivity contribution is 5.16. The molecule has 4 fully saturated rings. The molecule has 0 unspecified atom stereocenters. The summed E-state index contributed by atoms with van der Waals surface area (Å²) >= 11 is 0. The molecule has 0 heteroatoms. The largest absolute Gasteiger partial charge is 0.0622 e. The molecule has 0 heterocycles. The van der Waals surface area contributed by atoms with E-state index in [2.05, 4.69) is 44.2 Å². The highest BCUT2D eigenvalue weighted by Gasteiger charge is 2.57. The van der Waals surface area contributed by atoms with Crippen LogP contribution < -0.4 is 0 Å². The molecule has 4 saturated carbocycles. The number of benzene rings is 1. The quantitative estimate of drug-likeness (QED) is 0.526. The minimum Gasteiger partial charge on any atom is -0.0622 e. The minimum atomic E-state index is 0.667. The highest BCUT2D eigenvalue weighted by atomic mass is 14.6. The first-order valence-electron chi connectivity index (χ1n) is 11.6. The summed E-state index contributed by atoms with van der Waals surface area (Å²) in [5.74, 6) is 5.14. The van der Waals surface area contributed by atoms with Crippen molar-refractivity contribution in [2.24, 2.45) is 40.4 Å². The molecule has 5 rings (SSSR count). The maximum absolute atomic E-state index is 2.73. The molecule has 7 atom stereocenters. The Hall–Kier alpha value is -0.780. The summed E-state index contributed by atoms with van der Waals surface area (Å²) in [6.07, 6.45) is 16.6. The van der Waals surface area contributed by atoms with E-state index in [9.17, 15) is 0 Å². The van der Waals surface area contributed by atoms with Gasteiger partial charge in [-0.1, -0.05) is 50.6 Å². The van der Waals surface area contributed by atoms with Gasteiger partial charge in [-0.05, 0) is 110 Å². The van der Waals surface area contributed by atoms with Gasteiger partial charge < -0.3 is 0 Å². The molecule has 142 valence electrons. The van der Waals surface area contributed by atoms with E-state index >= 15 is 0 Å². The average Bonchev–Trinajstić information content (AvgIpc) is 3.05. The van der Waals surface area contributed by atoms with Gasteiger partial charge in [0.15, 0.2) is 0 Å². The van der Waals surface area contributed by atoms with Crippen LogP contribution in [0.15, 0.2) is 30.3 Å². The van der Waals surface area contributed by atoms with Crippen molar-refractivity contribution in [2.75, 3.05) is 0 Å². The van der Waals surface area contributed by atoms with Gasteiger partial charge in [0, 0.05) is 0 Å². The summed E-state index contributed by atoms with van der Waals surface area (Å²) in [5.41, 5.74) is 2.95. The van der Waals surface area contributed by atoms with Crippen LogP contribution >= 0.6 is 0 Å². The van der Waals surface area contributed by atoms with Crippen LogP contribution in [0.3, 0.4) is 0 Å². The van der Waals surface area contributed by atoms with Crippen LogP contribution in [-0.4, -0.2) is 0 Å². The second kappa shape index (κ2) is 6.39. The van der Waals surface area contributed by atoms with Crippen LogP contribution in [0, 0.1) is 40.4 Å². The molecule has 1 aromatic carbocycles. The van der Waals surface area contributed by atoms with Crippen molar-refractivity contribution in [3.63, 3.8) is 0 Å². The van der Waals surface area contributed by atoms with E-state index in [1.54, 1.807) is 24.8 Å². The maximum Gasteiger partial charge on any atom is -0.0250 e. The first-order valence-corrected chi connectivity index (χ1v) is 11.6. The van der Waals surface area contributed by atoms with Crippen LogP contribution in [0.25, 0.3) is 0 Å². The smallest absolute Gasteiger partial charge is 0.0250 e. The van der Waals surface area contributed by atoms with Gasteiger partial charge >= 0.3 is 0 Å². The molecule has 0 saturated heterocycles. The third-order valence-corrected chi connectivity index (χ3v) is 9.92. The Kier molecular flexibility index (Phi) is 4.26. The summed E-state index contributed by atoms with van der Waals surface area (Å²) in [5, 5.41) is 0. The average molecular weight is 351 g/mol. The summed E-state index contributed by atoms with van der Waals surface area (Å²) < 4.78 is 0. The molecule has 26 heavy (non-hydrogen) atoms. The molecule has 0 spiro atoms. The van der Waals surface area contributed by atoms with Crippen molar-refractivity contribution in [3.05, 3.63) is 35.9 Å². The Morgan fingerprint density at radius 1 is 0.846 bits per heavy atom. The zero-order valence-electron chi connectivity index (χ0n) is 17.1. The van der Waals surface area contributed by atoms with Crippen LogP contribution in [-0.2, 0) is 6.42 Å². The van der Waals surface area contributed by atoms with E-state index in [-0.39, 0.29) is 0 Å². The third-order valence-electron chi connectivity index (χ3n) is 9.92. The molecule has 0 bridgehead atoms. The van der Waals surface area contributed by atoms with Gasteiger partial charge in [0.1, 0.15) is 0 Å². The van der Waals surface area contributed by atoms with E-state index in [1.807, 2.05) is 0 Å². The van der Waals surface area contributed by atoms with Gasteiger partial charge in [-0.25, -0.2) is 0 Å². The fraction of sp³-hybridized carbons (Fsp3) is 0.769. The monoisotopic (exact) mass is 350 g/mol. The Bertz CT molecular complexity index is 633. The Morgan fingerprint density at radius 3 is 2.54 bits per heavy atom. The lowest BCUT2D eigenvalue weighted by atomic mass is 9.44. The molecule has 0 aromatic heterocycles. The first-order chi connectivity index (χ1) is 12.6. The molecule has 1 aromatic rings. The Labute approximate surface area is 161 Å². The van der Waals surface area contributed by atoms with Crippen molar-refractivity contribution in [1.82, 2.24) is 0 Å². The van der Waals surface area contributed by atoms with Crippen LogP contribution in [0.5, 0.6) is 0 Å². The van der Waals surface area contributed by atoms with E-state index < -0.39 is 0 Å². The lowest BCUT2D eigenvalue weighted by molar-refractivity contribution is -0.111. The molecule has 0 amide bonds. The molecule has 4 aliphatic carbocycles. The summed E-state index contributed by atoms with van der Waals surface area (Å²) in [4.78, 5) is 0. The van der Waals surface area contributed by atoms with Crippen LogP contribution in [0.4, 0.5) is 0 Å². The molecular weight excluding hydrogens is 312 g/mol. The Balaban J connectivity index is 1.31. The molecule has 0 aliphatic heterocycles. The van der Waals surface area contributed by atoms with E-state index in [0.717, 1.165) is 35.0 Å². The molecule has 4 aliphatic rings. The minimum absolute atomic E-state index is 0.667. The van der Waals surface area contributed by atoms with Crippen molar-refractivity contribution >= 4 is 0 Å². The van der Waals surface area contributed by atoms with Gasteiger partial charge in [-0.15, -0.1) is 0 Å². The lowest BCUT2D eigenvalue weighted by Crippen LogP contribution is -2.52. The molecule has 0 radical (unpaired) electrons. The van der Waals surface area contributed by atoms with E-state index in [4.69, 9.17) is 0 Å². The number of rotatable bonds is 2. The van der Waals surface area contributed by atoms with Crippen LogP contribution in [0.1, 0.15) is 83.6 Å². The second-order valence-electron chi connectivity index (χ2n) is 11.1. The fourth-order valence-electron chi connectivity index (χ4n) is 8.47. The lowest BCUT2D eigenvalue weighted by Gasteiger charge is -2.60. The second-order valence-corrected chi connectivity index (χ2v) is 11.1. The van der Waals surface area contributed by atoms with E-state index in [0.29, 0.717) is 5.41 Å². The van der Waals surface area contributed by atoms with Gasteiger partial charge in [0.2, 0.25) is 0 Å². The Morgan fingerprint density at radius 2 is 1.69 bits per heavy atom. The van der Waals surface area contributed by atoms with Crippen molar-refractivity contribution in [1.29, 1.82) is 0 Å². The summed E-state index contributed by atoms with van der Waals surface area (Å²) in [6, 6.07) is 11.3. The predicted molar refractivity (Wildman–Crippen MR) is 110 cm³/mol. The topological polar surface area (TPSA) is 0 Å². The first kappa shape index (κ1) is 17.3. The molecular formula is C26H38. The number of hydrogen-bond donors (Lipinski definition) is 0. The van der Waals surface area contributed by atoms with Crippen molar-refractivity contribution in [2.45, 2.75) is 84.5 Å². The zero-order valence-corrected chi connectivity index (χ0v) is 17.1. The summed E-state index contributed by atoms with van der Waals surface area (Å²) in [6.45, 7) is 5.37. The van der Waals surface area contributed by atoms with Gasteiger partial charge in [0.25, 0.3) is 0 Å². The zero-order chi connectivity index (χ0) is 17.8. The van der Waals surface area contributed by atoms with Gasteiger partial charge in [-0.3, -0.25) is 0 Å². The van der Waals surface area contributed by atoms with E-state index in [1.165, 1.54) is 51.4 Å². The third kappa shape index (κ3) is 2.70. The van der Waals surface area contributed by atoms with Crippen molar-refractivity contribution < 1.29 is 0 Å². The SMILES string of the molecule is C[C@@]12CCC[C@@H]1[C@@H]1CC[C@@H]3C[C@@H](Cc4ccccc4)CC[C@]3(C)[C@@H]1CC2. The van der Waals surface area contributed by atoms with Gasteiger partial charge in [0.05, 0.1) is 0 Å². The molecule has 0 nitrogen and oxygen atoms in total. The van der Waals surface area contributed by atoms with Crippen molar-refractivity contribution in [3.8, 4) is 0 Å². The predicted octanol–water partition coefficient (Wildman–Crippen LogP) is 7.28.